The van der Waals surface area contributed by atoms with Gasteiger partial charge in [-0.15, -0.1) is 0 Å². The third kappa shape index (κ3) is 2.00. The van der Waals surface area contributed by atoms with Gasteiger partial charge in [-0.2, -0.15) is 0 Å². The summed E-state index contributed by atoms with van der Waals surface area (Å²) in [5, 5.41) is 3.56. The second-order valence-corrected chi connectivity index (χ2v) is 4.44. The summed E-state index contributed by atoms with van der Waals surface area (Å²) in [5.74, 6) is 1.60. The van der Waals surface area contributed by atoms with Crippen LogP contribution in [0, 0.1) is 0 Å². The highest BCUT2D eigenvalue weighted by atomic mass is 16.5. The summed E-state index contributed by atoms with van der Waals surface area (Å²) in [7, 11) is 1.75. The third-order valence-corrected chi connectivity index (χ3v) is 3.30. The molecule has 0 saturated carbocycles. The fourth-order valence-corrected chi connectivity index (χ4v) is 2.59. The summed E-state index contributed by atoms with van der Waals surface area (Å²) in [6, 6.07) is 9.49. The van der Waals surface area contributed by atoms with E-state index in [9.17, 15) is 0 Å². The molecular formula is C13H19NO. The number of para-hydroxylation sites is 1. The van der Waals surface area contributed by atoms with Crippen molar-refractivity contribution in [3.05, 3.63) is 29.8 Å². The van der Waals surface area contributed by atoms with Crippen molar-refractivity contribution in [3.63, 3.8) is 0 Å². The van der Waals surface area contributed by atoms with Crippen LogP contribution in [0.15, 0.2) is 24.3 Å². The highest BCUT2D eigenvalue weighted by molar-refractivity contribution is 5.37. The van der Waals surface area contributed by atoms with Crippen molar-refractivity contribution in [2.75, 3.05) is 7.11 Å². The summed E-state index contributed by atoms with van der Waals surface area (Å²) >= 11 is 0. The zero-order valence-corrected chi connectivity index (χ0v) is 9.66. The fourth-order valence-electron chi connectivity index (χ4n) is 2.59. The van der Waals surface area contributed by atoms with Crippen LogP contribution in [0.5, 0.6) is 5.75 Å². The van der Waals surface area contributed by atoms with E-state index in [0.717, 1.165) is 5.75 Å². The van der Waals surface area contributed by atoms with Gasteiger partial charge in [0.15, 0.2) is 0 Å². The Balaban J connectivity index is 2.29. The molecule has 3 atom stereocenters. The molecule has 1 aromatic carbocycles. The van der Waals surface area contributed by atoms with Crippen LogP contribution < -0.4 is 10.1 Å². The smallest absolute Gasteiger partial charge is 0.122 e. The van der Waals surface area contributed by atoms with E-state index in [1.54, 1.807) is 7.11 Å². The van der Waals surface area contributed by atoms with Crippen LogP contribution >= 0.6 is 0 Å². The lowest BCUT2D eigenvalue weighted by Crippen LogP contribution is -2.26. The molecule has 0 amide bonds. The second-order valence-electron chi connectivity index (χ2n) is 4.44. The average molecular weight is 205 g/mol. The zero-order chi connectivity index (χ0) is 10.8. The van der Waals surface area contributed by atoms with Gasteiger partial charge in [-0.25, -0.2) is 0 Å². The molecule has 2 nitrogen and oxygen atoms in total. The van der Waals surface area contributed by atoms with Crippen LogP contribution in [-0.2, 0) is 0 Å². The monoisotopic (exact) mass is 205 g/mol. The quantitative estimate of drug-likeness (QED) is 0.801. The molecule has 1 fully saturated rings. The van der Waals surface area contributed by atoms with Crippen molar-refractivity contribution in [2.24, 2.45) is 0 Å². The van der Waals surface area contributed by atoms with Crippen molar-refractivity contribution in [2.45, 2.75) is 38.3 Å². The molecule has 1 aromatic rings. The SMILES string of the molecule is COc1ccccc1C1CC(C)NC1C. The molecule has 0 spiro atoms. The molecule has 2 rings (SSSR count). The Bertz CT molecular complexity index is 337. The molecule has 1 N–H and O–H groups in total. The number of hydrogen-bond donors (Lipinski definition) is 1. The van der Waals surface area contributed by atoms with Crippen LogP contribution in [0.3, 0.4) is 0 Å². The number of ether oxygens (including phenoxy) is 1. The average Bonchev–Trinajstić information content (AvgIpc) is 2.57. The van der Waals surface area contributed by atoms with Crippen LogP contribution in [0.2, 0.25) is 0 Å². The van der Waals surface area contributed by atoms with Gasteiger partial charge in [0.25, 0.3) is 0 Å². The summed E-state index contributed by atoms with van der Waals surface area (Å²) in [5.41, 5.74) is 1.34. The largest absolute Gasteiger partial charge is 0.496 e. The van der Waals surface area contributed by atoms with Crippen LogP contribution in [-0.4, -0.2) is 19.2 Å². The van der Waals surface area contributed by atoms with E-state index < -0.39 is 0 Å². The molecule has 2 heteroatoms. The van der Waals surface area contributed by atoms with Gasteiger partial charge in [-0.05, 0) is 31.9 Å². The first-order chi connectivity index (χ1) is 7.22. The minimum absolute atomic E-state index is 0.538. The van der Waals surface area contributed by atoms with Gasteiger partial charge in [0.1, 0.15) is 5.75 Å². The standard InChI is InChI=1S/C13H19NO/c1-9-8-12(10(2)14-9)11-6-4-5-7-13(11)15-3/h4-7,9-10,12,14H,8H2,1-3H3. The van der Waals surface area contributed by atoms with E-state index in [1.807, 2.05) is 12.1 Å². The van der Waals surface area contributed by atoms with Crippen molar-refractivity contribution >= 4 is 0 Å². The minimum Gasteiger partial charge on any atom is -0.496 e. The van der Waals surface area contributed by atoms with Gasteiger partial charge >= 0.3 is 0 Å². The summed E-state index contributed by atoms with van der Waals surface area (Å²) in [4.78, 5) is 0. The highest BCUT2D eigenvalue weighted by Gasteiger charge is 2.30. The van der Waals surface area contributed by atoms with E-state index in [2.05, 4.69) is 31.3 Å². The number of rotatable bonds is 2. The number of methoxy groups -OCH3 is 1. The Morgan fingerprint density at radius 2 is 2.00 bits per heavy atom. The van der Waals surface area contributed by atoms with Crippen LogP contribution in [0.1, 0.15) is 31.7 Å². The second kappa shape index (κ2) is 4.23. The molecule has 0 aliphatic carbocycles. The lowest BCUT2D eigenvalue weighted by Gasteiger charge is -2.18. The van der Waals surface area contributed by atoms with Gasteiger partial charge in [-0.3, -0.25) is 0 Å². The topological polar surface area (TPSA) is 21.3 Å². The molecule has 1 saturated heterocycles. The third-order valence-electron chi connectivity index (χ3n) is 3.30. The van der Waals surface area contributed by atoms with Crippen molar-refractivity contribution in [3.8, 4) is 5.75 Å². The summed E-state index contributed by atoms with van der Waals surface area (Å²) < 4.78 is 5.41. The molecule has 15 heavy (non-hydrogen) atoms. The predicted octanol–water partition coefficient (Wildman–Crippen LogP) is 2.55. The maximum Gasteiger partial charge on any atom is 0.122 e. The van der Waals surface area contributed by atoms with E-state index in [1.165, 1.54) is 12.0 Å². The molecule has 0 radical (unpaired) electrons. The van der Waals surface area contributed by atoms with E-state index in [-0.39, 0.29) is 0 Å². The first kappa shape index (κ1) is 10.5. The first-order valence-electron chi connectivity index (χ1n) is 5.61. The zero-order valence-electron chi connectivity index (χ0n) is 9.66. The highest BCUT2D eigenvalue weighted by Crippen LogP contribution is 2.35. The van der Waals surface area contributed by atoms with Crippen LogP contribution in [0.25, 0.3) is 0 Å². The van der Waals surface area contributed by atoms with E-state index in [4.69, 9.17) is 4.74 Å². The van der Waals surface area contributed by atoms with Crippen molar-refractivity contribution < 1.29 is 4.74 Å². The van der Waals surface area contributed by atoms with Gasteiger partial charge in [0, 0.05) is 18.0 Å². The predicted molar refractivity (Wildman–Crippen MR) is 62.4 cm³/mol. The van der Waals surface area contributed by atoms with Gasteiger partial charge in [0.05, 0.1) is 7.11 Å². The van der Waals surface area contributed by atoms with Gasteiger partial charge in [-0.1, -0.05) is 18.2 Å². The minimum atomic E-state index is 0.538. The normalized spacial score (nSPS) is 30.5. The molecule has 0 bridgehead atoms. The van der Waals surface area contributed by atoms with Crippen molar-refractivity contribution in [1.29, 1.82) is 0 Å². The lowest BCUT2D eigenvalue weighted by atomic mass is 9.91. The molecular weight excluding hydrogens is 186 g/mol. The Kier molecular flexibility index (Phi) is 2.96. The number of benzene rings is 1. The molecule has 0 aromatic heterocycles. The fraction of sp³-hybridized carbons (Fsp3) is 0.538. The Hall–Kier alpha value is -1.02. The maximum absolute atomic E-state index is 5.41. The first-order valence-corrected chi connectivity index (χ1v) is 5.61. The molecule has 1 aliphatic rings. The van der Waals surface area contributed by atoms with E-state index in [0.29, 0.717) is 18.0 Å². The van der Waals surface area contributed by atoms with Crippen LogP contribution in [0.4, 0.5) is 0 Å². The molecule has 1 heterocycles. The number of nitrogens with one attached hydrogen (secondary N) is 1. The molecule has 1 aliphatic heterocycles. The molecule has 3 unspecified atom stereocenters. The Morgan fingerprint density at radius 1 is 1.27 bits per heavy atom. The van der Waals surface area contributed by atoms with E-state index >= 15 is 0 Å². The van der Waals surface area contributed by atoms with Gasteiger partial charge < -0.3 is 10.1 Å². The number of hydrogen-bond acceptors (Lipinski definition) is 2. The van der Waals surface area contributed by atoms with Gasteiger partial charge in [0.2, 0.25) is 0 Å². The van der Waals surface area contributed by atoms with Crippen molar-refractivity contribution in [1.82, 2.24) is 5.32 Å². The summed E-state index contributed by atoms with van der Waals surface area (Å²) in [6.07, 6.45) is 1.20. The Labute approximate surface area is 91.6 Å². The summed E-state index contributed by atoms with van der Waals surface area (Å²) in [6.45, 7) is 4.49. The Morgan fingerprint density at radius 3 is 2.60 bits per heavy atom. The maximum atomic E-state index is 5.41. The molecule has 82 valence electrons. The lowest BCUT2D eigenvalue weighted by molar-refractivity contribution is 0.403.